The van der Waals surface area contributed by atoms with E-state index in [4.69, 9.17) is 4.84 Å². The number of hydrogen-bond acceptors (Lipinski definition) is 6. The highest BCUT2D eigenvalue weighted by Gasteiger charge is 2.40. The third-order valence-electron chi connectivity index (χ3n) is 7.89. The van der Waals surface area contributed by atoms with Crippen LogP contribution in [0.5, 0.6) is 0 Å². The van der Waals surface area contributed by atoms with Crippen molar-refractivity contribution < 1.29 is 14.7 Å². The average Bonchev–Trinajstić information content (AvgIpc) is 3.64. The number of aliphatic hydroxyl groups excluding tert-OH is 1. The number of oxime groups is 1. The van der Waals surface area contributed by atoms with E-state index in [2.05, 4.69) is 51.9 Å². The molecule has 0 spiro atoms. The molecule has 35 heavy (non-hydrogen) atoms. The van der Waals surface area contributed by atoms with Gasteiger partial charge >= 0.3 is 0 Å². The van der Waals surface area contributed by atoms with Gasteiger partial charge in [0.05, 0.1) is 5.71 Å². The molecule has 3 aliphatic rings. The number of amides is 1. The van der Waals surface area contributed by atoms with Crippen molar-refractivity contribution in [1.29, 1.82) is 0 Å². The minimum Gasteiger partial charge on any atom is -0.396 e. The van der Waals surface area contributed by atoms with Crippen LogP contribution in [0.2, 0.25) is 0 Å². The highest BCUT2D eigenvalue weighted by atomic mass is 16.6. The molecular weight excluding hydrogens is 440 g/mol. The predicted molar refractivity (Wildman–Crippen MR) is 140 cm³/mol. The molecule has 1 aromatic carbocycles. The van der Waals surface area contributed by atoms with Crippen molar-refractivity contribution in [3.8, 4) is 0 Å². The van der Waals surface area contributed by atoms with Crippen LogP contribution in [0.4, 0.5) is 0 Å². The quantitative estimate of drug-likeness (QED) is 0.265. The highest BCUT2D eigenvalue weighted by Crippen LogP contribution is 2.49. The van der Waals surface area contributed by atoms with Gasteiger partial charge in [0, 0.05) is 36.9 Å². The number of nitrogens with zero attached hydrogens (tertiary/aromatic N) is 3. The Labute approximate surface area is 209 Å². The average molecular weight is 481 g/mol. The van der Waals surface area contributed by atoms with E-state index in [0.717, 1.165) is 48.9 Å². The zero-order chi connectivity index (χ0) is 24.5. The van der Waals surface area contributed by atoms with Gasteiger partial charge in [0.15, 0.2) is 6.61 Å². The van der Waals surface area contributed by atoms with Crippen LogP contribution in [0.1, 0.15) is 88.7 Å². The van der Waals surface area contributed by atoms with Crippen LogP contribution >= 0.6 is 0 Å². The van der Waals surface area contributed by atoms with E-state index < -0.39 is 0 Å². The van der Waals surface area contributed by atoms with Crippen molar-refractivity contribution in [2.45, 2.75) is 84.1 Å². The molecule has 2 atom stereocenters. The van der Waals surface area contributed by atoms with Crippen molar-refractivity contribution in [2.24, 2.45) is 32.6 Å². The van der Waals surface area contributed by atoms with Crippen molar-refractivity contribution >= 4 is 23.5 Å². The minimum atomic E-state index is -0.192. The summed E-state index contributed by atoms with van der Waals surface area (Å²) < 4.78 is 0. The fourth-order valence-corrected chi connectivity index (χ4v) is 5.34. The number of hydrogen-bond donors (Lipinski definition) is 2. The lowest BCUT2D eigenvalue weighted by molar-refractivity contribution is -0.125. The topological polar surface area (TPSA) is 95.6 Å². The lowest BCUT2D eigenvalue weighted by atomic mass is 9.74. The second-order valence-corrected chi connectivity index (χ2v) is 10.5. The summed E-state index contributed by atoms with van der Waals surface area (Å²) in [5.74, 6) is 0.780. The standard InChI is InChI=1S/C28H40N4O3/c1-21-24-8-4-2-3-5-9-25(24)27(32-31-21)23-12-10-22(11-13-23)18-29-26(34)19-35-30-17-7-6-14-28(20-33)15-16-28/h10-13,17,24-25,33H,2-9,14-16,18-20H2,1H3,(H,29,34)/b30-17+. The van der Waals surface area contributed by atoms with Crippen LogP contribution in [-0.2, 0) is 16.2 Å². The Morgan fingerprint density at radius 1 is 1.14 bits per heavy atom. The Kier molecular flexibility index (Phi) is 9.07. The number of aliphatic hydroxyl groups is 1. The molecule has 1 aromatic rings. The molecule has 2 aliphatic carbocycles. The molecule has 4 rings (SSSR count). The Hall–Kier alpha value is -2.54. The zero-order valence-corrected chi connectivity index (χ0v) is 21.0. The molecule has 1 heterocycles. The minimum absolute atomic E-state index is 0.0909. The Balaban J connectivity index is 1.19. The maximum absolute atomic E-state index is 12.1. The van der Waals surface area contributed by atoms with Gasteiger partial charge in [0.1, 0.15) is 0 Å². The van der Waals surface area contributed by atoms with E-state index in [1.807, 2.05) is 0 Å². The first-order valence-electron chi connectivity index (χ1n) is 13.3. The number of unbranched alkanes of at least 4 members (excludes halogenated alkanes) is 1. The van der Waals surface area contributed by atoms with Crippen LogP contribution < -0.4 is 5.32 Å². The number of carbonyl (C=O) groups is 1. The summed E-state index contributed by atoms with van der Waals surface area (Å²) in [6, 6.07) is 8.32. The first kappa shape index (κ1) is 25.5. The molecule has 7 heteroatoms. The molecule has 2 unspecified atom stereocenters. The van der Waals surface area contributed by atoms with Gasteiger partial charge in [-0.25, -0.2) is 0 Å². The normalized spacial score (nSPS) is 23.5. The largest absolute Gasteiger partial charge is 0.396 e. The molecule has 2 saturated carbocycles. The van der Waals surface area contributed by atoms with Crippen LogP contribution in [-0.4, -0.2) is 41.9 Å². The first-order valence-corrected chi connectivity index (χ1v) is 13.3. The summed E-state index contributed by atoms with van der Waals surface area (Å²) in [4.78, 5) is 17.2. The maximum Gasteiger partial charge on any atom is 0.261 e. The maximum atomic E-state index is 12.1. The van der Waals surface area contributed by atoms with E-state index in [9.17, 15) is 9.90 Å². The van der Waals surface area contributed by atoms with Crippen molar-refractivity contribution in [1.82, 2.24) is 5.32 Å². The summed E-state index contributed by atoms with van der Waals surface area (Å²) in [7, 11) is 0. The summed E-state index contributed by atoms with van der Waals surface area (Å²) in [6.07, 6.45) is 14.3. The molecular formula is C28H40N4O3. The van der Waals surface area contributed by atoms with Gasteiger partial charge in [-0.1, -0.05) is 55.1 Å². The van der Waals surface area contributed by atoms with Gasteiger partial charge in [-0.2, -0.15) is 10.2 Å². The van der Waals surface area contributed by atoms with Gasteiger partial charge < -0.3 is 15.3 Å². The molecule has 190 valence electrons. The Morgan fingerprint density at radius 2 is 1.89 bits per heavy atom. The van der Waals surface area contributed by atoms with E-state index in [-0.39, 0.29) is 24.5 Å². The fourth-order valence-electron chi connectivity index (χ4n) is 5.34. The number of nitrogens with one attached hydrogen (secondary N) is 1. The van der Waals surface area contributed by atoms with Crippen LogP contribution in [0, 0.1) is 17.3 Å². The number of fused-ring (bicyclic) bond motifs is 1. The van der Waals surface area contributed by atoms with Gasteiger partial charge in [-0.15, -0.1) is 0 Å². The van der Waals surface area contributed by atoms with Gasteiger partial charge in [0.25, 0.3) is 5.91 Å². The second-order valence-electron chi connectivity index (χ2n) is 10.5. The van der Waals surface area contributed by atoms with Gasteiger partial charge in [-0.05, 0) is 68.4 Å². The first-order chi connectivity index (χ1) is 17.1. The van der Waals surface area contributed by atoms with Crippen LogP contribution in [0.3, 0.4) is 0 Å². The smallest absolute Gasteiger partial charge is 0.261 e. The molecule has 7 nitrogen and oxygen atoms in total. The molecule has 0 radical (unpaired) electrons. The summed E-state index contributed by atoms with van der Waals surface area (Å²) in [6.45, 7) is 2.77. The van der Waals surface area contributed by atoms with Gasteiger partial charge in [0.2, 0.25) is 0 Å². The second kappa shape index (κ2) is 12.4. The summed E-state index contributed by atoms with van der Waals surface area (Å²) in [5, 5.41) is 25.2. The molecule has 2 fully saturated rings. The lowest BCUT2D eigenvalue weighted by Gasteiger charge is -2.32. The lowest BCUT2D eigenvalue weighted by Crippen LogP contribution is -2.33. The monoisotopic (exact) mass is 480 g/mol. The Morgan fingerprint density at radius 3 is 2.60 bits per heavy atom. The van der Waals surface area contributed by atoms with E-state index in [0.29, 0.717) is 18.4 Å². The van der Waals surface area contributed by atoms with E-state index in [1.165, 1.54) is 44.2 Å². The SMILES string of the molecule is CC1=NN=C(c2ccc(CNC(=O)CO/N=C/CCCC3(CO)CC3)cc2)C2CCCCCCC12. The summed E-state index contributed by atoms with van der Waals surface area (Å²) >= 11 is 0. The van der Waals surface area contributed by atoms with Crippen molar-refractivity contribution in [3.63, 3.8) is 0 Å². The third-order valence-corrected chi connectivity index (χ3v) is 7.89. The molecule has 1 amide bonds. The molecule has 2 N–H and O–H groups in total. The zero-order valence-electron chi connectivity index (χ0n) is 21.0. The number of benzene rings is 1. The van der Waals surface area contributed by atoms with Crippen LogP contribution in [0.15, 0.2) is 39.6 Å². The number of carbonyl (C=O) groups excluding carboxylic acids is 1. The molecule has 0 saturated heterocycles. The molecule has 0 aromatic heterocycles. The van der Waals surface area contributed by atoms with E-state index in [1.54, 1.807) is 6.21 Å². The van der Waals surface area contributed by atoms with Crippen molar-refractivity contribution in [2.75, 3.05) is 13.2 Å². The third kappa shape index (κ3) is 7.23. The van der Waals surface area contributed by atoms with Crippen LogP contribution in [0.25, 0.3) is 0 Å². The Bertz CT molecular complexity index is 934. The van der Waals surface area contributed by atoms with E-state index >= 15 is 0 Å². The van der Waals surface area contributed by atoms with Gasteiger partial charge in [-0.3, -0.25) is 4.79 Å². The number of rotatable bonds is 11. The fraction of sp³-hybridized carbons (Fsp3) is 0.643. The summed E-state index contributed by atoms with van der Waals surface area (Å²) in [5.41, 5.74) is 4.65. The molecule has 1 aliphatic heterocycles. The van der Waals surface area contributed by atoms with Crippen molar-refractivity contribution in [3.05, 3.63) is 35.4 Å². The predicted octanol–water partition coefficient (Wildman–Crippen LogP) is 5.01. The highest BCUT2D eigenvalue weighted by molar-refractivity contribution is 6.06. The molecule has 0 bridgehead atoms.